The number of nitriles is 1. The fourth-order valence-electron chi connectivity index (χ4n) is 4.25. The van der Waals surface area contributed by atoms with E-state index >= 15 is 0 Å². The summed E-state index contributed by atoms with van der Waals surface area (Å²) in [5.41, 5.74) is 2.65. The molecule has 5 nitrogen and oxygen atoms in total. The van der Waals surface area contributed by atoms with Crippen LogP contribution in [-0.4, -0.2) is 5.91 Å². The van der Waals surface area contributed by atoms with Crippen molar-refractivity contribution in [3.8, 4) is 17.6 Å². The zero-order valence-electron chi connectivity index (χ0n) is 22.1. The van der Waals surface area contributed by atoms with Gasteiger partial charge < -0.3 is 14.8 Å². The van der Waals surface area contributed by atoms with Crippen LogP contribution in [-0.2, 0) is 18.0 Å². The summed E-state index contributed by atoms with van der Waals surface area (Å²) in [6, 6.07) is 33.0. The van der Waals surface area contributed by atoms with Crippen molar-refractivity contribution in [2.24, 2.45) is 0 Å². The molecule has 1 amide bonds. The maximum absolute atomic E-state index is 13.2. The van der Waals surface area contributed by atoms with Gasteiger partial charge in [0.2, 0.25) is 0 Å². The second-order valence-corrected chi connectivity index (χ2v) is 10.5. The molecule has 0 aliphatic heterocycles. The zero-order valence-corrected chi connectivity index (χ0v) is 24.4. The lowest BCUT2D eigenvalue weighted by atomic mass is 10.0. The van der Waals surface area contributed by atoms with Crippen molar-refractivity contribution in [1.82, 2.24) is 0 Å². The van der Waals surface area contributed by atoms with E-state index in [0.717, 1.165) is 21.9 Å². The van der Waals surface area contributed by atoms with E-state index in [1.54, 1.807) is 42.5 Å². The van der Waals surface area contributed by atoms with Crippen LogP contribution in [0.15, 0.2) is 109 Å². The molecular weight excluding hydrogens is 591 g/mol. The second-order valence-electron chi connectivity index (χ2n) is 9.25. The highest BCUT2D eigenvalue weighted by Gasteiger charge is 2.15. The van der Waals surface area contributed by atoms with Gasteiger partial charge in [-0.1, -0.05) is 89.4 Å². The molecule has 0 spiro atoms. The Morgan fingerprint density at radius 1 is 0.786 bits per heavy atom. The van der Waals surface area contributed by atoms with E-state index in [2.05, 4.69) is 5.32 Å². The molecule has 0 saturated carbocycles. The van der Waals surface area contributed by atoms with E-state index in [-0.39, 0.29) is 12.2 Å². The minimum absolute atomic E-state index is 0.0835. The van der Waals surface area contributed by atoms with Crippen LogP contribution in [0, 0.1) is 11.3 Å². The van der Waals surface area contributed by atoms with Gasteiger partial charge in [-0.25, -0.2) is 0 Å². The number of anilines is 1. The van der Waals surface area contributed by atoms with E-state index < -0.39 is 5.91 Å². The van der Waals surface area contributed by atoms with E-state index in [1.807, 2.05) is 66.7 Å². The minimum Gasteiger partial charge on any atom is -0.489 e. The quantitative estimate of drug-likeness (QED) is 0.133. The summed E-state index contributed by atoms with van der Waals surface area (Å²) in [6.07, 6.45) is 1.54. The van der Waals surface area contributed by atoms with Gasteiger partial charge in [-0.2, -0.15) is 5.26 Å². The number of hydrogen-bond donors (Lipinski definition) is 1. The van der Waals surface area contributed by atoms with E-state index in [1.165, 1.54) is 6.08 Å². The number of hydrogen-bond acceptors (Lipinski definition) is 4. The standard InChI is InChI=1S/C34H23Cl3N2O3/c35-26-11-9-24(32(37)18-26)21-42-33-16-10-22-5-1-3-7-29(22)30(33)17-25(19-38)34(40)39-27-12-14-28(15-13-27)41-20-23-6-2-4-8-31(23)36/h1-18H,20-21H2,(H,39,40)/b25-17+. The molecule has 0 radical (unpaired) electrons. The van der Waals surface area contributed by atoms with Crippen molar-refractivity contribution in [3.63, 3.8) is 0 Å². The summed E-state index contributed by atoms with van der Waals surface area (Å²) in [7, 11) is 0. The Labute approximate surface area is 258 Å². The lowest BCUT2D eigenvalue weighted by Gasteiger charge is -2.14. The predicted molar refractivity (Wildman–Crippen MR) is 169 cm³/mol. The molecule has 0 atom stereocenters. The third-order valence-corrected chi connectivity index (χ3v) is 7.40. The summed E-state index contributed by atoms with van der Waals surface area (Å²) < 4.78 is 11.9. The molecule has 0 aromatic heterocycles. The fraction of sp³-hybridized carbons (Fsp3) is 0.0588. The maximum Gasteiger partial charge on any atom is 0.266 e. The number of benzene rings is 5. The van der Waals surface area contributed by atoms with E-state index in [4.69, 9.17) is 44.3 Å². The first kappa shape index (κ1) is 29.0. The molecule has 0 aliphatic carbocycles. The highest BCUT2D eigenvalue weighted by atomic mass is 35.5. The van der Waals surface area contributed by atoms with Crippen molar-refractivity contribution in [2.45, 2.75) is 13.2 Å². The molecule has 0 aliphatic rings. The molecule has 42 heavy (non-hydrogen) atoms. The number of fused-ring (bicyclic) bond motifs is 1. The van der Waals surface area contributed by atoms with Crippen molar-refractivity contribution in [1.29, 1.82) is 5.26 Å². The first-order valence-electron chi connectivity index (χ1n) is 12.9. The topological polar surface area (TPSA) is 71.3 Å². The molecule has 0 bridgehead atoms. The Morgan fingerprint density at radius 2 is 1.50 bits per heavy atom. The molecule has 5 aromatic rings. The lowest BCUT2D eigenvalue weighted by molar-refractivity contribution is -0.112. The summed E-state index contributed by atoms with van der Waals surface area (Å²) in [4.78, 5) is 13.2. The summed E-state index contributed by atoms with van der Waals surface area (Å²) >= 11 is 18.6. The van der Waals surface area contributed by atoms with Gasteiger partial charge in [0.05, 0.1) is 0 Å². The van der Waals surface area contributed by atoms with Crippen LogP contribution in [0.4, 0.5) is 5.69 Å². The van der Waals surface area contributed by atoms with Crippen LogP contribution in [0.3, 0.4) is 0 Å². The number of amides is 1. The number of ether oxygens (including phenoxy) is 2. The summed E-state index contributed by atoms with van der Waals surface area (Å²) in [5.74, 6) is 0.560. The Morgan fingerprint density at radius 3 is 2.26 bits per heavy atom. The maximum atomic E-state index is 13.2. The number of nitrogens with one attached hydrogen (secondary N) is 1. The van der Waals surface area contributed by atoms with Gasteiger partial charge in [0, 0.05) is 37.4 Å². The van der Waals surface area contributed by atoms with E-state index in [9.17, 15) is 10.1 Å². The molecule has 8 heteroatoms. The molecule has 0 unspecified atom stereocenters. The van der Waals surface area contributed by atoms with Gasteiger partial charge in [0.1, 0.15) is 36.4 Å². The lowest BCUT2D eigenvalue weighted by Crippen LogP contribution is -2.13. The zero-order chi connectivity index (χ0) is 29.5. The number of carbonyl (C=O) groups is 1. The van der Waals surface area contributed by atoms with Gasteiger partial charge in [0.25, 0.3) is 5.91 Å². The average Bonchev–Trinajstić information content (AvgIpc) is 3.00. The van der Waals surface area contributed by atoms with Crippen molar-refractivity contribution < 1.29 is 14.3 Å². The third kappa shape index (κ3) is 7.05. The van der Waals surface area contributed by atoms with Crippen LogP contribution < -0.4 is 14.8 Å². The Bertz CT molecular complexity index is 1830. The molecule has 0 fully saturated rings. The molecule has 0 saturated heterocycles. The van der Waals surface area contributed by atoms with Crippen LogP contribution >= 0.6 is 34.8 Å². The van der Waals surface area contributed by atoms with Crippen LogP contribution in [0.1, 0.15) is 16.7 Å². The van der Waals surface area contributed by atoms with Gasteiger partial charge >= 0.3 is 0 Å². The Hall–Kier alpha value is -4.47. The number of halogens is 3. The summed E-state index contributed by atoms with van der Waals surface area (Å²) in [5, 5.41) is 16.1. The van der Waals surface area contributed by atoms with Crippen molar-refractivity contribution >= 4 is 63.2 Å². The Kier molecular flexibility index (Phi) is 9.31. The van der Waals surface area contributed by atoms with Gasteiger partial charge in [-0.15, -0.1) is 0 Å². The Balaban J connectivity index is 1.35. The highest BCUT2D eigenvalue weighted by molar-refractivity contribution is 6.35. The van der Waals surface area contributed by atoms with Gasteiger partial charge in [-0.3, -0.25) is 4.79 Å². The molecule has 5 aromatic carbocycles. The van der Waals surface area contributed by atoms with Gasteiger partial charge in [0.15, 0.2) is 0 Å². The second kappa shape index (κ2) is 13.5. The first-order chi connectivity index (χ1) is 20.4. The molecule has 1 N–H and O–H groups in total. The van der Waals surface area contributed by atoms with Crippen molar-refractivity contribution in [3.05, 3.63) is 140 Å². The number of rotatable bonds is 9. The van der Waals surface area contributed by atoms with Crippen LogP contribution in [0.25, 0.3) is 16.8 Å². The monoisotopic (exact) mass is 612 g/mol. The number of carbonyl (C=O) groups excluding carboxylic acids is 1. The largest absolute Gasteiger partial charge is 0.489 e. The average molecular weight is 614 g/mol. The molecule has 5 rings (SSSR count). The highest BCUT2D eigenvalue weighted by Crippen LogP contribution is 2.32. The smallest absolute Gasteiger partial charge is 0.266 e. The van der Waals surface area contributed by atoms with Crippen molar-refractivity contribution in [2.75, 3.05) is 5.32 Å². The molecule has 0 heterocycles. The van der Waals surface area contributed by atoms with Gasteiger partial charge in [-0.05, 0) is 65.4 Å². The molecular formula is C34H23Cl3N2O3. The third-order valence-electron chi connectivity index (χ3n) is 6.45. The van der Waals surface area contributed by atoms with E-state index in [0.29, 0.717) is 44.4 Å². The first-order valence-corrected chi connectivity index (χ1v) is 14.0. The predicted octanol–water partition coefficient (Wildman–Crippen LogP) is 9.50. The summed E-state index contributed by atoms with van der Waals surface area (Å²) in [6.45, 7) is 0.487. The fourth-order valence-corrected chi connectivity index (χ4v) is 4.90. The SMILES string of the molecule is N#C/C(=C\c1c(OCc2ccc(Cl)cc2Cl)ccc2ccccc12)C(=O)Nc1ccc(OCc2ccccc2Cl)cc1. The van der Waals surface area contributed by atoms with Crippen LogP contribution in [0.2, 0.25) is 15.1 Å². The number of nitrogens with zero attached hydrogens (tertiary/aromatic N) is 1. The normalized spacial score (nSPS) is 11.1. The van der Waals surface area contributed by atoms with Crippen LogP contribution in [0.5, 0.6) is 11.5 Å². The molecule has 208 valence electrons. The minimum atomic E-state index is -0.554.